The smallest absolute Gasteiger partial charge is 0.107 e. The van der Waals surface area contributed by atoms with Gasteiger partial charge in [-0.1, -0.05) is 13.8 Å². The van der Waals surface area contributed by atoms with Crippen molar-refractivity contribution in [3.05, 3.63) is 20.8 Å². The SMILES string of the molecule is CCC(C)OC(c1cc(Br)cs1)C(N)CC. The summed E-state index contributed by atoms with van der Waals surface area (Å²) in [4.78, 5) is 1.21. The number of hydrogen-bond donors (Lipinski definition) is 1. The Hall–Kier alpha value is 0.1000. The molecule has 0 aliphatic heterocycles. The Morgan fingerprint density at radius 2 is 2.12 bits per heavy atom. The van der Waals surface area contributed by atoms with Gasteiger partial charge in [0, 0.05) is 20.8 Å². The molecular formula is C12H20BrNOS. The Morgan fingerprint density at radius 1 is 1.44 bits per heavy atom. The van der Waals surface area contributed by atoms with Crippen LogP contribution in [0.4, 0.5) is 0 Å². The molecule has 0 saturated heterocycles. The first-order valence-corrected chi connectivity index (χ1v) is 7.40. The van der Waals surface area contributed by atoms with Gasteiger partial charge >= 0.3 is 0 Å². The first kappa shape index (κ1) is 14.2. The molecule has 0 bridgehead atoms. The van der Waals surface area contributed by atoms with Gasteiger partial charge in [0.05, 0.1) is 6.10 Å². The van der Waals surface area contributed by atoms with Gasteiger partial charge in [-0.15, -0.1) is 11.3 Å². The molecule has 0 spiro atoms. The van der Waals surface area contributed by atoms with E-state index in [1.165, 1.54) is 4.88 Å². The van der Waals surface area contributed by atoms with E-state index in [0.29, 0.717) is 0 Å². The highest BCUT2D eigenvalue weighted by atomic mass is 79.9. The van der Waals surface area contributed by atoms with Crippen LogP contribution in [0.1, 0.15) is 44.6 Å². The van der Waals surface area contributed by atoms with Crippen molar-refractivity contribution < 1.29 is 4.74 Å². The van der Waals surface area contributed by atoms with Crippen LogP contribution in [-0.4, -0.2) is 12.1 Å². The Bertz CT molecular complexity index is 316. The van der Waals surface area contributed by atoms with Crippen molar-refractivity contribution in [1.29, 1.82) is 0 Å². The zero-order valence-corrected chi connectivity index (χ0v) is 12.5. The Morgan fingerprint density at radius 3 is 2.56 bits per heavy atom. The predicted octanol–water partition coefficient (Wildman–Crippen LogP) is 4.10. The maximum atomic E-state index is 6.13. The minimum absolute atomic E-state index is 0.0243. The third kappa shape index (κ3) is 3.84. The normalized spacial score (nSPS) is 17.1. The molecule has 16 heavy (non-hydrogen) atoms. The maximum Gasteiger partial charge on any atom is 0.107 e. The molecule has 1 aromatic rings. The first-order chi connectivity index (χ1) is 7.58. The minimum atomic E-state index is 0.0243. The van der Waals surface area contributed by atoms with E-state index in [1.54, 1.807) is 11.3 Å². The molecule has 3 unspecified atom stereocenters. The molecule has 0 saturated carbocycles. The summed E-state index contributed by atoms with van der Waals surface area (Å²) in [7, 11) is 0. The van der Waals surface area contributed by atoms with E-state index in [2.05, 4.69) is 48.1 Å². The zero-order chi connectivity index (χ0) is 12.1. The second-order valence-corrected chi connectivity index (χ2v) is 5.87. The molecule has 0 radical (unpaired) electrons. The van der Waals surface area contributed by atoms with Crippen molar-refractivity contribution in [2.24, 2.45) is 5.73 Å². The summed E-state index contributed by atoms with van der Waals surface area (Å²) in [6.07, 6.45) is 2.22. The largest absolute Gasteiger partial charge is 0.368 e. The molecule has 0 aliphatic rings. The molecule has 92 valence electrons. The molecule has 0 amide bonds. The van der Waals surface area contributed by atoms with Crippen LogP contribution >= 0.6 is 27.3 Å². The molecule has 0 fully saturated rings. The van der Waals surface area contributed by atoms with Crippen LogP contribution in [0.15, 0.2) is 15.9 Å². The third-order valence-electron chi connectivity index (χ3n) is 2.68. The fourth-order valence-corrected chi connectivity index (χ4v) is 2.97. The van der Waals surface area contributed by atoms with Gasteiger partial charge in [-0.2, -0.15) is 0 Å². The van der Waals surface area contributed by atoms with E-state index in [9.17, 15) is 0 Å². The topological polar surface area (TPSA) is 35.2 Å². The van der Waals surface area contributed by atoms with E-state index in [1.807, 2.05) is 0 Å². The fraction of sp³-hybridized carbons (Fsp3) is 0.667. The van der Waals surface area contributed by atoms with Gasteiger partial charge in [-0.05, 0) is 41.8 Å². The van der Waals surface area contributed by atoms with E-state index in [-0.39, 0.29) is 18.2 Å². The monoisotopic (exact) mass is 305 g/mol. The molecule has 2 N–H and O–H groups in total. The minimum Gasteiger partial charge on any atom is -0.368 e. The van der Waals surface area contributed by atoms with Gasteiger partial charge in [0.15, 0.2) is 0 Å². The second kappa shape index (κ2) is 6.74. The lowest BCUT2D eigenvalue weighted by atomic mass is 10.1. The highest BCUT2D eigenvalue weighted by Crippen LogP contribution is 2.31. The highest BCUT2D eigenvalue weighted by Gasteiger charge is 2.22. The van der Waals surface area contributed by atoms with Gasteiger partial charge in [0.2, 0.25) is 0 Å². The average molecular weight is 306 g/mol. The first-order valence-electron chi connectivity index (χ1n) is 5.73. The van der Waals surface area contributed by atoms with Crippen LogP contribution < -0.4 is 5.73 Å². The molecule has 1 rings (SSSR count). The standard InChI is InChI=1S/C12H20BrNOS/c1-4-8(3)15-12(10(14)5-2)11-6-9(13)7-16-11/h6-8,10,12H,4-5,14H2,1-3H3. The summed E-state index contributed by atoms with van der Waals surface area (Å²) >= 11 is 5.17. The summed E-state index contributed by atoms with van der Waals surface area (Å²) < 4.78 is 7.12. The average Bonchev–Trinajstić information content (AvgIpc) is 2.71. The molecule has 1 aromatic heterocycles. The lowest BCUT2D eigenvalue weighted by molar-refractivity contribution is -0.0178. The van der Waals surface area contributed by atoms with Crippen LogP contribution in [0.2, 0.25) is 0 Å². The second-order valence-electron chi connectivity index (χ2n) is 4.01. The molecule has 0 aromatic carbocycles. The summed E-state index contributed by atoms with van der Waals surface area (Å²) in [5, 5.41) is 2.07. The molecule has 2 nitrogen and oxygen atoms in total. The summed E-state index contributed by atoms with van der Waals surface area (Å²) in [6, 6.07) is 2.17. The van der Waals surface area contributed by atoms with Crippen molar-refractivity contribution in [1.82, 2.24) is 0 Å². The van der Waals surface area contributed by atoms with Crippen LogP contribution in [0.25, 0.3) is 0 Å². The van der Waals surface area contributed by atoms with Crippen LogP contribution in [0.3, 0.4) is 0 Å². The fourth-order valence-electron chi connectivity index (χ4n) is 1.42. The Kier molecular flexibility index (Phi) is 5.97. The number of halogens is 1. The number of ether oxygens (including phenoxy) is 1. The van der Waals surface area contributed by atoms with Gasteiger partial charge in [0.1, 0.15) is 6.10 Å². The van der Waals surface area contributed by atoms with Crippen LogP contribution in [0, 0.1) is 0 Å². The summed E-state index contributed by atoms with van der Waals surface area (Å²) in [5.41, 5.74) is 6.13. The van der Waals surface area contributed by atoms with Gasteiger partial charge in [-0.25, -0.2) is 0 Å². The van der Waals surface area contributed by atoms with Gasteiger partial charge in [-0.3, -0.25) is 0 Å². The van der Waals surface area contributed by atoms with E-state index in [0.717, 1.165) is 17.3 Å². The van der Waals surface area contributed by atoms with E-state index in [4.69, 9.17) is 10.5 Å². The maximum absolute atomic E-state index is 6.13. The lowest BCUT2D eigenvalue weighted by Crippen LogP contribution is -2.31. The number of nitrogens with two attached hydrogens (primary N) is 1. The summed E-state index contributed by atoms with van der Waals surface area (Å²) in [6.45, 7) is 6.32. The Balaban J connectivity index is 2.78. The predicted molar refractivity (Wildman–Crippen MR) is 73.9 cm³/mol. The molecule has 1 heterocycles. The molecule has 0 aliphatic carbocycles. The van der Waals surface area contributed by atoms with Gasteiger partial charge in [0.25, 0.3) is 0 Å². The molecule has 4 heteroatoms. The number of rotatable bonds is 6. The zero-order valence-electron chi connectivity index (χ0n) is 10.1. The van der Waals surface area contributed by atoms with Crippen molar-refractivity contribution in [2.75, 3.05) is 0 Å². The van der Waals surface area contributed by atoms with Gasteiger partial charge < -0.3 is 10.5 Å². The van der Waals surface area contributed by atoms with Crippen molar-refractivity contribution in [3.63, 3.8) is 0 Å². The van der Waals surface area contributed by atoms with E-state index < -0.39 is 0 Å². The number of hydrogen-bond acceptors (Lipinski definition) is 3. The van der Waals surface area contributed by atoms with Crippen molar-refractivity contribution >= 4 is 27.3 Å². The quantitative estimate of drug-likeness (QED) is 0.858. The molecular weight excluding hydrogens is 286 g/mol. The van der Waals surface area contributed by atoms with Crippen LogP contribution in [-0.2, 0) is 4.74 Å². The highest BCUT2D eigenvalue weighted by molar-refractivity contribution is 9.10. The van der Waals surface area contributed by atoms with E-state index >= 15 is 0 Å². The molecule has 3 atom stereocenters. The van der Waals surface area contributed by atoms with Crippen LogP contribution in [0.5, 0.6) is 0 Å². The summed E-state index contributed by atoms with van der Waals surface area (Å²) in [5.74, 6) is 0. The Labute approximate surface area is 110 Å². The lowest BCUT2D eigenvalue weighted by Gasteiger charge is -2.25. The third-order valence-corrected chi connectivity index (χ3v) is 4.44. The number of thiophene rings is 1. The van der Waals surface area contributed by atoms with Crippen molar-refractivity contribution in [3.8, 4) is 0 Å². The van der Waals surface area contributed by atoms with Crippen molar-refractivity contribution in [2.45, 2.75) is 51.9 Å².